The van der Waals surface area contributed by atoms with Gasteiger partial charge in [0.2, 0.25) is 0 Å². The first kappa shape index (κ1) is 49.2. The van der Waals surface area contributed by atoms with Gasteiger partial charge in [0.1, 0.15) is 23.2 Å². The fraction of sp³-hybridized carbons (Fsp3) is 0.364. The van der Waals surface area contributed by atoms with Crippen molar-refractivity contribution in [3.8, 4) is 5.75 Å². The predicted octanol–water partition coefficient (Wildman–Crippen LogP) is 10.5. The summed E-state index contributed by atoms with van der Waals surface area (Å²) in [5.74, 6) is 0.762. The second-order valence-corrected chi connectivity index (χ2v) is 34.6. The minimum atomic E-state index is -3.04. The maximum atomic E-state index is 7.98. The van der Waals surface area contributed by atoms with E-state index >= 15 is 0 Å². The summed E-state index contributed by atoms with van der Waals surface area (Å²) < 4.78 is 38.2. The molecule has 10 nitrogen and oxygen atoms in total. The zero-order valence-electron chi connectivity index (χ0n) is 41.5. The molecule has 0 aliphatic heterocycles. The number of nitrogens with two attached hydrogens (primary N) is 1. The number of imidazole rings is 1. The molecule has 5 aromatic carbocycles. The summed E-state index contributed by atoms with van der Waals surface area (Å²) in [4.78, 5) is 14.1. The summed E-state index contributed by atoms with van der Waals surface area (Å²) in [5.41, 5.74) is 9.17. The van der Waals surface area contributed by atoms with E-state index in [-0.39, 0.29) is 22.9 Å². The number of benzene rings is 5. The van der Waals surface area contributed by atoms with Gasteiger partial charge in [0.05, 0.1) is 20.0 Å². The number of hydrogen-bond acceptors (Lipinski definition) is 9. The fourth-order valence-electron chi connectivity index (χ4n) is 10.4. The molecular formula is C55H69N5O5Si3. The molecule has 2 aromatic heterocycles. The molecule has 1 aliphatic carbocycles. The van der Waals surface area contributed by atoms with Crippen LogP contribution in [0.15, 0.2) is 158 Å². The number of methoxy groups -OCH3 is 1. The second kappa shape index (κ2) is 19.6. The third-order valence-electron chi connectivity index (χ3n) is 13.8. The maximum Gasteiger partial charge on any atom is 0.261 e. The van der Waals surface area contributed by atoms with E-state index in [1.807, 2.05) is 18.5 Å². The van der Waals surface area contributed by atoms with Crippen molar-refractivity contribution in [1.29, 1.82) is 0 Å². The molecule has 1 aliphatic rings. The van der Waals surface area contributed by atoms with Crippen LogP contribution in [-0.2, 0) is 23.6 Å². The van der Waals surface area contributed by atoms with Gasteiger partial charge >= 0.3 is 0 Å². The van der Waals surface area contributed by atoms with Gasteiger partial charge in [0.15, 0.2) is 28.1 Å². The van der Waals surface area contributed by atoms with E-state index in [4.69, 9.17) is 38.5 Å². The topological polar surface area (TPSA) is 116 Å². The zero-order valence-corrected chi connectivity index (χ0v) is 44.5. The fourth-order valence-corrected chi connectivity index (χ4v) is 16.4. The van der Waals surface area contributed by atoms with Gasteiger partial charge < -0.3 is 33.1 Å². The molecule has 0 spiro atoms. The lowest BCUT2D eigenvalue weighted by Crippen LogP contribution is -2.70. The molecule has 8 rings (SSSR count). The van der Waals surface area contributed by atoms with Crippen LogP contribution in [0.4, 0.5) is 5.82 Å². The van der Waals surface area contributed by atoms with Crippen LogP contribution < -0.4 is 20.8 Å². The van der Waals surface area contributed by atoms with Crippen molar-refractivity contribution in [2.75, 3.05) is 39.3 Å². The Bertz CT molecular complexity index is 2630. The van der Waals surface area contributed by atoms with Gasteiger partial charge in [0, 0.05) is 43.1 Å². The van der Waals surface area contributed by atoms with E-state index < -0.39 is 36.0 Å². The molecule has 2 heterocycles. The van der Waals surface area contributed by atoms with Crippen LogP contribution in [0.1, 0.15) is 43.5 Å². The maximum absolute atomic E-state index is 7.98. The number of nitrogens with zero attached hydrogens (tertiary/aromatic N) is 4. The Kier molecular flexibility index (Phi) is 14.2. The Hall–Kier alpha value is -5.26. The van der Waals surface area contributed by atoms with Crippen LogP contribution in [0, 0.1) is 17.3 Å². The van der Waals surface area contributed by atoms with Gasteiger partial charge in [-0.25, -0.2) is 15.0 Å². The highest BCUT2D eigenvalue weighted by Gasteiger charge is 2.65. The molecule has 7 aromatic rings. The molecule has 2 N–H and O–H groups in total. The number of anilines is 1. The molecule has 68 heavy (non-hydrogen) atoms. The first-order chi connectivity index (χ1) is 32.4. The molecular weight excluding hydrogens is 895 g/mol. The average molecular weight is 964 g/mol. The van der Waals surface area contributed by atoms with E-state index in [0.717, 1.165) is 22.4 Å². The van der Waals surface area contributed by atoms with Crippen molar-refractivity contribution in [1.82, 2.24) is 19.5 Å². The van der Waals surface area contributed by atoms with Crippen LogP contribution in [-0.4, -0.2) is 78.0 Å². The van der Waals surface area contributed by atoms with Gasteiger partial charge in [-0.2, -0.15) is 0 Å². The van der Waals surface area contributed by atoms with E-state index in [9.17, 15) is 0 Å². The van der Waals surface area contributed by atoms with Crippen LogP contribution in [0.25, 0.3) is 11.2 Å². The lowest BCUT2D eigenvalue weighted by Gasteiger charge is -2.63. The van der Waals surface area contributed by atoms with Crippen LogP contribution in [0.2, 0.25) is 44.3 Å². The lowest BCUT2D eigenvalue weighted by molar-refractivity contribution is -0.201. The molecule has 3 atom stereocenters. The molecule has 356 valence electrons. The summed E-state index contributed by atoms with van der Waals surface area (Å²) in [6.07, 6.45) is 3.42. The summed E-state index contributed by atoms with van der Waals surface area (Å²) in [5, 5.41) is 2.19. The molecule has 0 radical (unpaired) electrons. The molecule has 1 fully saturated rings. The third-order valence-corrected chi connectivity index (χ3v) is 20.8. The van der Waals surface area contributed by atoms with Gasteiger partial charge in [-0.3, -0.25) is 0 Å². The highest BCUT2D eigenvalue weighted by atomic mass is 28.4. The summed E-state index contributed by atoms with van der Waals surface area (Å²) in [6.45, 7) is 22.2. The van der Waals surface area contributed by atoms with E-state index in [2.05, 4.69) is 203 Å². The molecule has 0 amide bonds. The number of hydrogen-bond donors (Lipinski definition) is 1. The molecule has 13 heteroatoms. The predicted molar refractivity (Wildman–Crippen MR) is 282 cm³/mol. The molecule has 1 saturated carbocycles. The number of nitrogen functional groups attached to an aromatic ring is 1. The number of aromatic nitrogens is 4. The quantitative estimate of drug-likeness (QED) is 0.0625. The van der Waals surface area contributed by atoms with Gasteiger partial charge in [-0.15, -0.1) is 0 Å². The first-order valence-corrected chi connectivity index (χ1v) is 32.5. The minimum Gasteiger partial charge on any atom is -0.497 e. The van der Waals surface area contributed by atoms with Crippen molar-refractivity contribution < 1.29 is 22.8 Å². The standard InChI is InChI=1S/C55H69N5O5Si3/c1-53(2,3)68(45-27-19-13-20-28-45,46-29-21-14-22-30-46)63-36-48-50(60-40-59-49-51(56)57-39-58-52(49)60)47(54(48,37-64-66(5,6)7)38-65-67(8,9)10)35-62-55(41-23-15-11-16-24-41,42-25-17-12-18-26-42)43-31-33-44(61-4)34-32-43/h11-34,39-40,47-48,50H,35-38H2,1-10H3,(H2,56,57,58)/t47-,48+,50-/m0/s1. The highest BCUT2D eigenvalue weighted by molar-refractivity contribution is 6.99. The normalized spacial score (nSPS) is 17.8. The number of fused-ring (bicyclic) bond motifs is 1. The summed E-state index contributed by atoms with van der Waals surface area (Å²) in [7, 11) is -5.60. The molecule has 0 saturated heterocycles. The monoisotopic (exact) mass is 963 g/mol. The average Bonchev–Trinajstić information content (AvgIpc) is 3.75. The van der Waals surface area contributed by atoms with Crippen molar-refractivity contribution in [3.63, 3.8) is 0 Å². The summed E-state index contributed by atoms with van der Waals surface area (Å²) >= 11 is 0. The van der Waals surface area contributed by atoms with Crippen molar-refractivity contribution in [3.05, 3.63) is 175 Å². The largest absolute Gasteiger partial charge is 0.497 e. The Morgan fingerprint density at radius 2 is 1.06 bits per heavy atom. The Labute approximate surface area is 406 Å². The second-order valence-electron chi connectivity index (χ2n) is 21.2. The van der Waals surface area contributed by atoms with Crippen molar-refractivity contribution in [2.45, 2.75) is 76.7 Å². The van der Waals surface area contributed by atoms with Crippen molar-refractivity contribution >= 4 is 52.3 Å². The van der Waals surface area contributed by atoms with Crippen molar-refractivity contribution in [2.24, 2.45) is 17.3 Å². The Balaban J connectivity index is 1.36. The number of ether oxygens (including phenoxy) is 2. The van der Waals surface area contributed by atoms with Gasteiger partial charge in [-0.1, -0.05) is 154 Å². The van der Waals surface area contributed by atoms with Crippen LogP contribution in [0.5, 0.6) is 5.75 Å². The Morgan fingerprint density at radius 3 is 1.53 bits per heavy atom. The minimum absolute atomic E-state index is 0.150. The van der Waals surface area contributed by atoms with E-state index in [1.165, 1.54) is 16.7 Å². The summed E-state index contributed by atoms with van der Waals surface area (Å²) in [6, 6.07) is 50.9. The lowest BCUT2D eigenvalue weighted by atomic mass is 9.50. The third kappa shape index (κ3) is 9.54. The Morgan fingerprint density at radius 1 is 0.588 bits per heavy atom. The smallest absolute Gasteiger partial charge is 0.261 e. The van der Waals surface area contributed by atoms with Crippen LogP contribution in [0.3, 0.4) is 0 Å². The van der Waals surface area contributed by atoms with Gasteiger partial charge in [-0.05, 0) is 83.5 Å². The highest BCUT2D eigenvalue weighted by Crippen LogP contribution is 2.61. The van der Waals surface area contributed by atoms with E-state index in [1.54, 1.807) is 7.11 Å². The SMILES string of the molecule is COc1ccc(C(OC[C@H]2[C@H](n3cnc4c(N)ncnc43)[C@@H](CO[Si](c3ccccc3)(c3ccccc3)C(C)(C)C)C2(CO[Si](C)(C)C)CO[Si](C)(C)C)(c2ccccc2)c2ccccc2)cc1. The number of rotatable bonds is 19. The molecule has 0 unspecified atom stereocenters. The molecule has 0 bridgehead atoms. The zero-order chi connectivity index (χ0) is 48.4. The van der Waals surface area contributed by atoms with E-state index in [0.29, 0.717) is 43.4 Å². The first-order valence-electron chi connectivity index (χ1n) is 23.8. The van der Waals surface area contributed by atoms with Crippen LogP contribution >= 0.6 is 0 Å². The van der Waals surface area contributed by atoms with Gasteiger partial charge in [0.25, 0.3) is 8.32 Å².